The average molecular weight is 256 g/mol. The van der Waals surface area contributed by atoms with Crippen molar-refractivity contribution in [1.82, 2.24) is 5.32 Å². The fraction of sp³-hybridized carbons (Fsp3) is 0.588. The van der Waals surface area contributed by atoms with Crippen LogP contribution in [0.1, 0.15) is 57.2 Å². The van der Waals surface area contributed by atoms with Gasteiger partial charge in [-0.05, 0) is 35.8 Å². The fourth-order valence-corrected chi connectivity index (χ4v) is 3.05. The number of rotatable bonds is 4. The summed E-state index contributed by atoms with van der Waals surface area (Å²) in [6, 6.07) is 11.7. The minimum absolute atomic E-state index is 0.247. The number of benzene rings is 1. The van der Waals surface area contributed by atoms with E-state index in [1.807, 2.05) is 0 Å². The lowest BCUT2D eigenvalue weighted by molar-refractivity contribution is 0.192. The van der Waals surface area contributed by atoms with Crippen LogP contribution < -0.4 is 5.32 Å². The SMILES string of the molecule is CCC(CC#N)NC1c2ccccc2CCC1(C)C. The highest BCUT2D eigenvalue weighted by atomic mass is 15.0. The summed E-state index contributed by atoms with van der Waals surface area (Å²) >= 11 is 0. The Balaban J connectivity index is 2.28. The van der Waals surface area contributed by atoms with E-state index in [-0.39, 0.29) is 5.41 Å². The maximum atomic E-state index is 8.93. The van der Waals surface area contributed by atoms with Crippen molar-refractivity contribution in [1.29, 1.82) is 5.26 Å². The number of nitrogens with one attached hydrogen (secondary N) is 1. The third-order valence-corrected chi connectivity index (χ3v) is 4.42. The summed E-state index contributed by atoms with van der Waals surface area (Å²) < 4.78 is 0. The van der Waals surface area contributed by atoms with E-state index in [2.05, 4.69) is 56.4 Å². The number of aryl methyl sites for hydroxylation is 1. The maximum Gasteiger partial charge on any atom is 0.0638 e. The zero-order chi connectivity index (χ0) is 13.9. The molecule has 0 saturated carbocycles. The van der Waals surface area contributed by atoms with Crippen molar-refractivity contribution in [3.63, 3.8) is 0 Å². The van der Waals surface area contributed by atoms with Crippen LogP contribution in [0.3, 0.4) is 0 Å². The van der Waals surface area contributed by atoms with E-state index < -0.39 is 0 Å². The summed E-state index contributed by atoms with van der Waals surface area (Å²) in [6.45, 7) is 6.82. The van der Waals surface area contributed by atoms with Crippen molar-refractivity contribution in [3.05, 3.63) is 35.4 Å². The second kappa shape index (κ2) is 5.75. The van der Waals surface area contributed by atoms with Crippen molar-refractivity contribution < 1.29 is 0 Å². The van der Waals surface area contributed by atoms with Crippen LogP contribution in [0, 0.1) is 16.7 Å². The van der Waals surface area contributed by atoms with Gasteiger partial charge in [-0.1, -0.05) is 45.0 Å². The van der Waals surface area contributed by atoms with E-state index in [4.69, 9.17) is 5.26 Å². The van der Waals surface area contributed by atoms with Gasteiger partial charge in [-0.15, -0.1) is 0 Å². The molecule has 1 aromatic carbocycles. The lowest BCUT2D eigenvalue weighted by Crippen LogP contribution is -2.42. The second-order valence-corrected chi connectivity index (χ2v) is 6.25. The first-order chi connectivity index (χ1) is 9.08. The second-order valence-electron chi connectivity index (χ2n) is 6.25. The van der Waals surface area contributed by atoms with Gasteiger partial charge in [0.2, 0.25) is 0 Å². The lowest BCUT2D eigenvalue weighted by atomic mass is 9.70. The molecule has 1 aliphatic rings. The van der Waals surface area contributed by atoms with E-state index in [9.17, 15) is 0 Å². The summed E-state index contributed by atoms with van der Waals surface area (Å²) in [5.74, 6) is 0. The van der Waals surface area contributed by atoms with E-state index in [0.29, 0.717) is 18.5 Å². The molecule has 1 aliphatic carbocycles. The third kappa shape index (κ3) is 2.98. The molecule has 1 aromatic rings. The molecule has 0 spiro atoms. The number of fused-ring (bicyclic) bond motifs is 1. The molecule has 19 heavy (non-hydrogen) atoms. The third-order valence-electron chi connectivity index (χ3n) is 4.42. The Morgan fingerprint density at radius 2 is 2.16 bits per heavy atom. The molecular formula is C17H24N2. The molecule has 0 saturated heterocycles. The monoisotopic (exact) mass is 256 g/mol. The van der Waals surface area contributed by atoms with E-state index >= 15 is 0 Å². The Morgan fingerprint density at radius 1 is 1.42 bits per heavy atom. The number of nitrogens with zero attached hydrogens (tertiary/aromatic N) is 1. The highest BCUT2D eigenvalue weighted by Gasteiger charge is 2.36. The molecule has 0 amide bonds. The molecule has 0 radical (unpaired) electrons. The molecule has 0 aliphatic heterocycles. The summed E-state index contributed by atoms with van der Waals surface area (Å²) in [4.78, 5) is 0. The van der Waals surface area contributed by atoms with Crippen molar-refractivity contribution in [2.24, 2.45) is 5.41 Å². The van der Waals surface area contributed by atoms with Gasteiger partial charge in [-0.2, -0.15) is 5.26 Å². The van der Waals surface area contributed by atoms with E-state index in [1.54, 1.807) is 0 Å². The largest absolute Gasteiger partial charge is 0.306 e. The molecule has 0 bridgehead atoms. The van der Waals surface area contributed by atoms with Gasteiger partial charge in [0.25, 0.3) is 0 Å². The van der Waals surface area contributed by atoms with Crippen LogP contribution in [-0.4, -0.2) is 6.04 Å². The van der Waals surface area contributed by atoms with E-state index in [0.717, 1.165) is 12.8 Å². The van der Waals surface area contributed by atoms with Gasteiger partial charge in [-0.25, -0.2) is 0 Å². The minimum atomic E-state index is 0.247. The van der Waals surface area contributed by atoms with Gasteiger partial charge < -0.3 is 5.32 Å². The van der Waals surface area contributed by atoms with Gasteiger partial charge in [-0.3, -0.25) is 0 Å². The Labute approximate surface area is 116 Å². The predicted octanol–water partition coefficient (Wildman–Crippen LogP) is 3.98. The summed E-state index contributed by atoms with van der Waals surface area (Å²) in [6.07, 6.45) is 3.95. The smallest absolute Gasteiger partial charge is 0.0638 e. The molecule has 2 nitrogen and oxygen atoms in total. The van der Waals surface area contributed by atoms with Crippen LogP contribution in [0.15, 0.2) is 24.3 Å². The Bertz CT molecular complexity index is 470. The number of hydrogen-bond acceptors (Lipinski definition) is 2. The molecule has 2 heteroatoms. The fourth-order valence-electron chi connectivity index (χ4n) is 3.05. The first-order valence-corrected chi connectivity index (χ1v) is 7.29. The predicted molar refractivity (Wildman–Crippen MR) is 78.7 cm³/mol. The zero-order valence-electron chi connectivity index (χ0n) is 12.2. The van der Waals surface area contributed by atoms with Gasteiger partial charge in [0, 0.05) is 12.1 Å². The Kier molecular flexibility index (Phi) is 4.27. The van der Waals surface area contributed by atoms with Crippen LogP contribution in [-0.2, 0) is 6.42 Å². The van der Waals surface area contributed by atoms with Crippen molar-refractivity contribution in [3.8, 4) is 6.07 Å². The number of nitriles is 1. The topological polar surface area (TPSA) is 35.8 Å². The molecule has 1 N–H and O–H groups in total. The van der Waals surface area contributed by atoms with Crippen LogP contribution in [0.5, 0.6) is 0 Å². The van der Waals surface area contributed by atoms with Gasteiger partial charge in [0.1, 0.15) is 0 Å². The zero-order valence-corrected chi connectivity index (χ0v) is 12.2. The standard InChI is InChI=1S/C17H24N2/c1-4-14(10-12-18)19-16-15-8-6-5-7-13(15)9-11-17(16,2)3/h5-8,14,16,19H,4,9-11H2,1-3H3. The van der Waals surface area contributed by atoms with Crippen LogP contribution in [0.25, 0.3) is 0 Å². The molecule has 2 atom stereocenters. The maximum absolute atomic E-state index is 8.93. The molecule has 0 aromatic heterocycles. The van der Waals surface area contributed by atoms with Gasteiger partial charge in [0.15, 0.2) is 0 Å². The highest BCUT2D eigenvalue weighted by molar-refractivity contribution is 5.34. The van der Waals surface area contributed by atoms with Crippen LogP contribution in [0.4, 0.5) is 0 Å². The molecule has 0 fully saturated rings. The summed E-state index contributed by atoms with van der Waals surface area (Å²) in [5, 5.41) is 12.7. The Hall–Kier alpha value is -1.33. The van der Waals surface area contributed by atoms with Crippen molar-refractivity contribution >= 4 is 0 Å². The quantitative estimate of drug-likeness (QED) is 0.884. The minimum Gasteiger partial charge on any atom is -0.306 e. The molecule has 102 valence electrons. The normalized spacial score (nSPS) is 22.3. The van der Waals surface area contributed by atoms with Crippen molar-refractivity contribution in [2.75, 3.05) is 0 Å². The first kappa shape index (κ1) is 14.1. The van der Waals surface area contributed by atoms with Crippen LogP contribution >= 0.6 is 0 Å². The van der Waals surface area contributed by atoms with Crippen LogP contribution in [0.2, 0.25) is 0 Å². The number of hydrogen-bond donors (Lipinski definition) is 1. The summed E-state index contributed by atoms with van der Waals surface area (Å²) in [5.41, 5.74) is 3.14. The molecule has 2 unspecified atom stereocenters. The molecule has 2 rings (SSSR count). The van der Waals surface area contributed by atoms with E-state index in [1.165, 1.54) is 17.5 Å². The van der Waals surface area contributed by atoms with Gasteiger partial charge in [0.05, 0.1) is 12.5 Å². The highest BCUT2D eigenvalue weighted by Crippen LogP contribution is 2.43. The van der Waals surface area contributed by atoms with Crippen molar-refractivity contribution in [2.45, 2.75) is 58.5 Å². The molecular weight excluding hydrogens is 232 g/mol. The lowest BCUT2D eigenvalue weighted by Gasteiger charge is -2.42. The first-order valence-electron chi connectivity index (χ1n) is 7.29. The van der Waals surface area contributed by atoms with Gasteiger partial charge >= 0.3 is 0 Å². The average Bonchev–Trinajstić information content (AvgIpc) is 2.41. The molecule has 0 heterocycles. The summed E-state index contributed by atoms with van der Waals surface area (Å²) in [7, 11) is 0. The Morgan fingerprint density at radius 3 is 2.84 bits per heavy atom.